The average molecular weight is 422 g/mol. The van der Waals surface area contributed by atoms with Crippen LogP contribution in [-0.4, -0.2) is 82.0 Å². The summed E-state index contributed by atoms with van der Waals surface area (Å²) >= 11 is 0. The van der Waals surface area contributed by atoms with Crippen LogP contribution in [-0.2, 0) is 0 Å². The maximum atomic E-state index is 12.9. The predicted molar refractivity (Wildman–Crippen MR) is 111 cm³/mol. The maximum Gasteiger partial charge on any atom is 0.274 e. The van der Waals surface area contributed by atoms with Gasteiger partial charge < -0.3 is 15.3 Å². The number of hydrogen-bond acceptors (Lipinski definition) is 5. The van der Waals surface area contributed by atoms with Gasteiger partial charge in [-0.2, -0.15) is 5.10 Å². The molecular weight excluding hydrogens is 389 g/mol. The van der Waals surface area contributed by atoms with Gasteiger partial charge in [0.2, 0.25) is 0 Å². The first-order valence-electron chi connectivity index (χ1n) is 9.55. The number of piperazine rings is 1. The quantitative estimate of drug-likeness (QED) is 0.754. The molecule has 0 bridgehead atoms. The van der Waals surface area contributed by atoms with E-state index in [9.17, 15) is 9.90 Å². The van der Waals surface area contributed by atoms with Crippen molar-refractivity contribution in [3.8, 4) is 0 Å². The van der Waals surface area contributed by atoms with Crippen molar-refractivity contribution in [3.05, 3.63) is 18.0 Å². The zero-order valence-electron chi connectivity index (χ0n) is 16.2. The van der Waals surface area contributed by atoms with Crippen LogP contribution in [0, 0.1) is 0 Å². The Bertz CT molecular complexity index is 578. The van der Waals surface area contributed by atoms with Gasteiger partial charge in [-0.3, -0.25) is 14.4 Å². The molecule has 2 N–H and O–H groups in total. The third-order valence-electron chi connectivity index (χ3n) is 5.33. The molecule has 0 aromatic carbocycles. The largest absolute Gasteiger partial charge is 0.392 e. The number of piperidine rings is 1. The van der Waals surface area contributed by atoms with Crippen LogP contribution in [0.5, 0.6) is 0 Å². The van der Waals surface area contributed by atoms with Crippen molar-refractivity contribution < 1.29 is 9.90 Å². The van der Waals surface area contributed by atoms with Crippen LogP contribution in [0.1, 0.15) is 49.6 Å². The Hall–Kier alpha value is -0.860. The Labute approximate surface area is 174 Å². The second kappa shape index (κ2) is 11.2. The van der Waals surface area contributed by atoms with Gasteiger partial charge in [0.05, 0.1) is 12.1 Å². The molecule has 1 amide bonds. The van der Waals surface area contributed by atoms with Crippen LogP contribution < -0.4 is 5.32 Å². The highest BCUT2D eigenvalue weighted by Gasteiger charge is 2.30. The summed E-state index contributed by atoms with van der Waals surface area (Å²) < 4.78 is 1.94. The molecule has 3 unspecified atom stereocenters. The number of aliphatic hydroxyl groups excluding tert-OH is 1. The van der Waals surface area contributed by atoms with Crippen molar-refractivity contribution in [2.45, 2.75) is 51.3 Å². The van der Waals surface area contributed by atoms with Crippen molar-refractivity contribution in [1.82, 2.24) is 24.9 Å². The number of nitrogens with one attached hydrogen (secondary N) is 1. The number of nitrogens with zero attached hydrogens (tertiary/aromatic N) is 4. The standard InChI is InChI=1S/C18H31N5O2.2ClH/c1-3-15-13-22(10-9-21(15)12-14(2)24)18(25)17-6-8-23(20-17)16-5-4-7-19-11-16;;/h6,8,14-16,19,24H,3-5,7,9-13H2,1-2H3;2*1H. The third-order valence-corrected chi connectivity index (χ3v) is 5.33. The molecule has 0 aliphatic carbocycles. The Morgan fingerprint density at radius 3 is 2.81 bits per heavy atom. The van der Waals surface area contributed by atoms with E-state index < -0.39 is 0 Å². The van der Waals surface area contributed by atoms with Gasteiger partial charge in [0.25, 0.3) is 5.91 Å². The Kier molecular flexibility index (Phi) is 10.0. The number of rotatable bonds is 5. The smallest absolute Gasteiger partial charge is 0.274 e. The number of halogens is 2. The number of carbonyl (C=O) groups is 1. The van der Waals surface area contributed by atoms with Crippen LogP contribution >= 0.6 is 24.8 Å². The summed E-state index contributed by atoms with van der Waals surface area (Å²) in [5, 5.41) is 17.6. The van der Waals surface area contributed by atoms with Gasteiger partial charge in [-0.05, 0) is 38.8 Å². The molecule has 3 rings (SSSR count). The van der Waals surface area contributed by atoms with E-state index in [0.29, 0.717) is 37.4 Å². The third kappa shape index (κ3) is 6.06. The van der Waals surface area contributed by atoms with Crippen molar-refractivity contribution in [2.75, 3.05) is 39.3 Å². The van der Waals surface area contributed by atoms with Gasteiger partial charge >= 0.3 is 0 Å². The van der Waals surface area contributed by atoms with Crippen LogP contribution in [0.4, 0.5) is 0 Å². The van der Waals surface area contributed by atoms with Gasteiger partial charge in [0.15, 0.2) is 0 Å². The molecule has 0 spiro atoms. The topological polar surface area (TPSA) is 73.6 Å². The SMILES string of the molecule is CCC1CN(C(=O)c2ccn(C3CCCNC3)n2)CCN1CC(C)O.Cl.Cl. The van der Waals surface area contributed by atoms with Crippen LogP contribution in [0.25, 0.3) is 0 Å². The lowest BCUT2D eigenvalue weighted by Gasteiger charge is -2.41. The van der Waals surface area contributed by atoms with Crippen LogP contribution in [0.15, 0.2) is 12.3 Å². The van der Waals surface area contributed by atoms with E-state index in [1.165, 1.54) is 0 Å². The molecule has 1 aromatic heterocycles. The Balaban J connectivity index is 0.00000182. The van der Waals surface area contributed by atoms with Crippen molar-refractivity contribution in [3.63, 3.8) is 0 Å². The molecule has 0 radical (unpaired) electrons. The monoisotopic (exact) mass is 421 g/mol. The lowest BCUT2D eigenvalue weighted by molar-refractivity contribution is 0.0305. The van der Waals surface area contributed by atoms with E-state index in [4.69, 9.17) is 0 Å². The highest BCUT2D eigenvalue weighted by molar-refractivity contribution is 5.92. The Morgan fingerprint density at radius 2 is 2.19 bits per heavy atom. The van der Waals surface area contributed by atoms with Gasteiger partial charge in [-0.15, -0.1) is 24.8 Å². The van der Waals surface area contributed by atoms with Gasteiger partial charge in [0, 0.05) is 45.0 Å². The first-order valence-corrected chi connectivity index (χ1v) is 9.55. The summed E-state index contributed by atoms with van der Waals surface area (Å²) in [6.07, 6.45) is 4.83. The summed E-state index contributed by atoms with van der Waals surface area (Å²) in [5.41, 5.74) is 0.546. The zero-order valence-corrected chi connectivity index (χ0v) is 17.8. The van der Waals surface area contributed by atoms with Crippen LogP contribution in [0.2, 0.25) is 0 Å². The molecule has 1 aromatic rings. The number of aliphatic hydroxyl groups is 1. The molecule has 3 atom stereocenters. The second-order valence-corrected chi connectivity index (χ2v) is 7.34. The van der Waals surface area contributed by atoms with E-state index >= 15 is 0 Å². The number of aromatic nitrogens is 2. The van der Waals surface area contributed by atoms with E-state index in [1.807, 2.05) is 28.8 Å². The number of carbonyl (C=O) groups excluding carboxylic acids is 1. The normalized spacial score (nSPS) is 24.6. The summed E-state index contributed by atoms with van der Waals surface area (Å²) in [7, 11) is 0. The van der Waals surface area contributed by atoms with Crippen LogP contribution in [0.3, 0.4) is 0 Å². The fraction of sp³-hybridized carbons (Fsp3) is 0.778. The molecule has 156 valence electrons. The lowest BCUT2D eigenvalue weighted by Crippen LogP contribution is -2.55. The maximum absolute atomic E-state index is 12.9. The molecule has 2 saturated heterocycles. The first kappa shape index (κ1) is 24.2. The highest BCUT2D eigenvalue weighted by Crippen LogP contribution is 2.18. The minimum Gasteiger partial charge on any atom is -0.392 e. The molecule has 3 heterocycles. The minimum absolute atomic E-state index is 0. The van der Waals surface area contributed by atoms with E-state index in [2.05, 4.69) is 22.2 Å². The van der Waals surface area contributed by atoms with Crippen molar-refractivity contribution in [1.29, 1.82) is 0 Å². The molecule has 2 aliphatic heterocycles. The summed E-state index contributed by atoms with van der Waals surface area (Å²) in [4.78, 5) is 17.1. The molecule has 27 heavy (non-hydrogen) atoms. The first-order chi connectivity index (χ1) is 12.1. The molecule has 9 heteroatoms. The molecule has 7 nitrogen and oxygen atoms in total. The van der Waals surface area contributed by atoms with Gasteiger partial charge in [-0.25, -0.2) is 0 Å². The predicted octanol–water partition coefficient (Wildman–Crippen LogP) is 1.57. The molecule has 2 fully saturated rings. The molecule has 0 saturated carbocycles. The van der Waals surface area contributed by atoms with E-state index in [1.54, 1.807) is 0 Å². The number of amides is 1. The van der Waals surface area contributed by atoms with Crippen molar-refractivity contribution in [2.24, 2.45) is 0 Å². The highest BCUT2D eigenvalue weighted by atomic mass is 35.5. The van der Waals surface area contributed by atoms with E-state index in [0.717, 1.165) is 38.9 Å². The number of β-amino-alcohol motifs (C(OH)–C–C–N with tert-alkyl or cyclic N) is 1. The fourth-order valence-corrected chi connectivity index (χ4v) is 3.92. The average Bonchev–Trinajstić information content (AvgIpc) is 3.12. The zero-order chi connectivity index (χ0) is 17.8. The van der Waals surface area contributed by atoms with Gasteiger partial charge in [-0.1, -0.05) is 6.92 Å². The summed E-state index contributed by atoms with van der Waals surface area (Å²) in [5.74, 6) is 0.0256. The number of hydrogen-bond donors (Lipinski definition) is 2. The molecule has 2 aliphatic rings. The van der Waals surface area contributed by atoms with E-state index in [-0.39, 0.29) is 36.8 Å². The fourth-order valence-electron chi connectivity index (χ4n) is 3.92. The second-order valence-electron chi connectivity index (χ2n) is 7.34. The summed E-state index contributed by atoms with van der Waals surface area (Å²) in [6, 6.07) is 2.50. The lowest BCUT2D eigenvalue weighted by atomic mass is 10.1. The molecular formula is C18H33Cl2N5O2. The summed E-state index contributed by atoms with van der Waals surface area (Å²) in [6.45, 7) is 8.82. The van der Waals surface area contributed by atoms with Gasteiger partial charge in [0.1, 0.15) is 5.69 Å². The Morgan fingerprint density at radius 1 is 1.41 bits per heavy atom. The van der Waals surface area contributed by atoms with Crippen molar-refractivity contribution >= 4 is 30.7 Å². The minimum atomic E-state index is -0.337.